The fourth-order valence-corrected chi connectivity index (χ4v) is 4.20. The van der Waals surface area contributed by atoms with Gasteiger partial charge in [0, 0.05) is 5.92 Å². The lowest BCUT2D eigenvalue weighted by molar-refractivity contribution is 0.225. The molecule has 0 aromatic heterocycles. The number of rotatable bonds is 1. The zero-order valence-corrected chi connectivity index (χ0v) is 7.33. The molecule has 3 fully saturated rings. The Bertz CT molecular complexity index is 211. The van der Waals surface area contributed by atoms with Crippen LogP contribution in [-0.2, 0) is 4.79 Å². The van der Waals surface area contributed by atoms with E-state index >= 15 is 0 Å². The van der Waals surface area contributed by atoms with Crippen molar-refractivity contribution in [1.29, 1.82) is 0 Å². The molecule has 0 saturated heterocycles. The zero-order valence-electron chi connectivity index (χ0n) is 7.33. The van der Waals surface area contributed by atoms with Gasteiger partial charge in [0.25, 0.3) is 0 Å². The Labute approximate surface area is 73.5 Å². The van der Waals surface area contributed by atoms with Crippen LogP contribution >= 0.6 is 0 Å². The van der Waals surface area contributed by atoms with Crippen molar-refractivity contribution in [3.8, 4) is 0 Å². The number of hydrogen-bond acceptors (Lipinski definition) is 1. The molecule has 1 heteroatoms. The van der Waals surface area contributed by atoms with Gasteiger partial charge in [-0.25, -0.2) is 0 Å². The molecule has 0 amide bonds. The van der Waals surface area contributed by atoms with Gasteiger partial charge in [-0.1, -0.05) is 6.42 Å². The quantitative estimate of drug-likeness (QED) is 0.579. The fraction of sp³-hybridized carbons (Fsp3) is 0.909. The molecule has 1 radical (unpaired) electrons. The molecule has 12 heavy (non-hydrogen) atoms. The molecular formula is C11H15O. The minimum absolute atomic E-state index is 0.328. The van der Waals surface area contributed by atoms with E-state index < -0.39 is 0 Å². The Morgan fingerprint density at radius 2 is 1.83 bits per heavy atom. The van der Waals surface area contributed by atoms with Gasteiger partial charge in [-0.15, -0.1) is 0 Å². The van der Waals surface area contributed by atoms with Gasteiger partial charge in [-0.2, -0.15) is 0 Å². The standard InChI is InChI=1S/C11H15O/c12-6-8-4-7-5-11(8)10-3-1-2-9(7)10/h7-11H,1-5H2. The molecule has 0 spiro atoms. The molecular weight excluding hydrogens is 148 g/mol. The lowest BCUT2D eigenvalue weighted by Gasteiger charge is -2.27. The minimum Gasteiger partial charge on any atom is -0.291 e. The van der Waals surface area contributed by atoms with Crippen LogP contribution in [0.5, 0.6) is 0 Å². The molecule has 3 aliphatic rings. The first-order valence-electron chi connectivity index (χ1n) is 5.28. The molecule has 0 aliphatic heterocycles. The van der Waals surface area contributed by atoms with E-state index in [-0.39, 0.29) is 0 Å². The zero-order chi connectivity index (χ0) is 8.13. The molecule has 5 atom stereocenters. The molecule has 3 rings (SSSR count). The Kier molecular flexibility index (Phi) is 1.38. The Balaban J connectivity index is 1.87. The van der Waals surface area contributed by atoms with Crippen molar-refractivity contribution in [2.45, 2.75) is 32.1 Å². The first-order chi connectivity index (χ1) is 5.90. The SMILES string of the molecule is O=[C]C1CC2CC1C1CCCC21. The summed E-state index contributed by atoms with van der Waals surface area (Å²) in [6.45, 7) is 0. The first kappa shape index (κ1) is 7.11. The van der Waals surface area contributed by atoms with Crippen LogP contribution in [0.15, 0.2) is 0 Å². The molecule has 5 unspecified atom stereocenters. The van der Waals surface area contributed by atoms with Crippen LogP contribution in [0, 0.1) is 29.6 Å². The summed E-state index contributed by atoms with van der Waals surface area (Å²) in [6, 6.07) is 0. The highest BCUT2D eigenvalue weighted by Crippen LogP contribution is 2.60. The smallest absolute Gasteiger partial charge is 0.202 e. The van der Waals surface area contributed by atoms with E-state index in [1.54, 1.807) is 0 Å². The average molecular weight is 163 g/mol. The van der Waals surface area contributed by atoms with Crippen molar-refractivity contribution in [3.05, 3.63) is 0 Å². The van der Waals surface area contributed by atoms with Gasteiger partial charge in [0.1, 0.15) is 0 Å². The molecule has 3 saturated carbocycles. The monoisotopic (exact) mass is 163 g/mol. The lowest BCUT2D eigenvalue weighted by atomic mass is 9.76. The first-order valence-corrected chi connectivity index (χ1v) is 5.28. The minimum atomic E-state index is 0.328. The van der Waals surface area contributed by atoms with Crippen molar-refractivity contribution in [3.63, 3.8) is 0 Å². The summed E-state index contributed by atoms with van der Waals surface area (Å²) in [5.74, 6) is 3.93. The highest BCUT2D eigenvalue weighted by molar-refractivity contribution is 5.56. The van der Waals surface area contributed by atoms with Crippen molar-refractivity contribution >= 4 is 6.29 Å². The van der Waals surface area contributed by atoms with E-state index in [0.717, 1.165) is 23.7 Å². The van der Waals surface area contributed by atoms with Crippen molar-refractivity contribution < 1.29 is 4.79 Å². The number of fused-ring (bicyclic) bond motifs is 5. The van der Waals surface area contributed by atoms with E-state index in [4.69, 9.17) is 0 Å². The normalized spacial score (nSPS) is 55.8. The second kappa shape index (κ2) is 2.34. The van der Waals surface area contributed by atoms with Gasteiger partial charge in [0.15, 0.2) is 0 Å². The van der Waals surface area contributed by atoms with E-state index in [1.807, 2.05) is 0 Å². The second-order valence-electron chi connectivity index (χ2n) is 4.88. The van der Waals surface area contributed by atoms with Crippen molar-refractivity contribution in [2.75, 3.05) is 0 Å². The van der Waals surface area contributed by atoms with Gasteiger partial charge in [-0.3, -0.25) is 4.79 Å². The van der Waals surface area contributed by atoms with Gasteiger partial charge in [0.2, 0.25) is 6.29 Å². The largest absolute Gasteiger partial charge is 0.291 e. The molecule has 2 bridgehead atoms. The van der Waals surface area contributed by atoms with Crippen LogP contribution < -0.4 is 0 Å². The van der Waals surface area contributed by atoms with Crippen LogP contribution in [0.25, 0.3) is 0 Å². The third-order valence-electron chi connectivity index (χ3n) is 4.58. The van der Waals surface area contributed by atoms with Gasteiger partial charge in [0.05, 0.1) is 0 Å². The fourth-order valence-electron chi connectivity index (χ4n) is 4.20. The van der Waals surface area contributed by atoms with Crippen molar-refractivity contribution in [1.82, 2.24) is 0 Å². The van der Waals surface area contributed by atoms with Gasteiger partial charge >= 0.3 is 0 Å². The summed E-state index contributed by atoms with van der Waals surface area (Å²) in [7, 11) is 0. The molecule has 0 N–H and O–H groups in total. The van der Waals surface area contributed by atoms with Crippen molar-refractivity contribution in [2.24, 2.45) is 29.6 Å². The van der Waals surface area contributed by atoms with Gasteiger partial charge in [-0.05, 0) is 49.4 Å². The third-order valence-corrected chi connectivity index (χ3v) is 4.58. The topological polar surface area (TPSA) is 17.1 Å². The van der Waals surface area contributed by atoms with E-state index in [1.165, 1.54) is 32.1 Å². The highest BCUT2D eigenvalue weighted by Gasteiger charge is 2.53. The van der Waals surface area contributed by atoms with Gasteiger partial charge < -0.3 is 0 Å². The van der Waals surface area contributed by atoms with E-state index in [9.17, 15) is 4.79 Å². The van der Waals surface area contributed by atoms with Crippen LogP contribution in [-0.4, -0.2) is 6.29 Å². The maximum atomic E-state index is 10.7. The maximum Gasteiger partial charge on any atom is 0.202 e. The maximum absolute atomic E-state index is 10.7. The summed E-state index contributed by atoms with van der Waals surface area (Å²) in [5, 5.41) is 0. The summed E-state index contributed by atoms with van der Waals surface area (Å²) in [5.41, 5.74) is 0. The summed E-state index contributed by atoms with van der Waals surface area (Å²) < 4.78 is 0. The lowest BCUT2D eigenvalue weighted by Crippen LogP contribution is -2.24. The Morgan fingerprint density at radius 1 is 1.00 bits per heavy atom. The number of hydrogen-bond donors (Lipinski definition) is 0. The van der Waals surface area contributed by atoms with E-state index in [0.29, 0.717) is 5.92 Å². The molecule has 65 valence electrons. The predicted molar refractivity (Wildman–Crippen MR) is 46.2 cm³/mol. The molecule has 0 aromatic carbocycles. The summed E-state index contributed by atoms with van der Waals surface area (Å²) >= 11 is 0. The molecule has 0 aromatic rings. The average Bonchev–Trinajstić information content (AvgIpc) is 2.75. The Morgan fingerprint density at radius 3 is 2.67 bits per heavy atom. The predicted octanol–water partition coefficient (Wildman–Crippen LogP) is 2.17. The van der Waals surface area contributed by atoms with Crippen LogP contribution in [0.1, 0.15) is 32.1 Å². The molecule has 0 heterocycles. The van der Waals surface area contributed by atoms with Crippen LogP contribution in [0.2, 0.25) is 0 Å². The highest BCUT2D eigenvalue weighted by atomic mass is 16.1. The van der Waals surface area contributed by atoms with Crippen LogP contribution in [0.4, 0.5) is 0 Å². The van der Waals surface area contributed by atoms with Crippen LogP contribution in [0.3, 0.4) is 0 Å². The summed E-state index contributed by atoms with van der Waals surface area (Å²) in [6.07, 6.45) is 9.08. The number of carbonyl (C=O) groups excluding carboxylic acids is 1. The van der Waals surface area contributed by atoms with E-state index in [2.05, 4.69) is 6.29 Å². The Hall–Kier alpha value is -0.330. The second-order valence-corrected chi connectivity index (χ2v) is 4.88. The molecule has 1 nitrogen and oxygen atoms in total. The third kappa shape index (κ3) is 0.725. The molecule has 3 aliphatic carbocycles. The summed E-state index contributed by atoms with van der Waals surface area (Å²) in [4.78, 5) is 10.7.